The van der Waals surface area contributed by atoms with Crippen molar-refractivity contribution in [1.29, 1.82) is 0 Å². The Hall–Kier alpha value is -0.800. The zero-order chi connectivity index (χ0) is 10.2. The van der Waals surface area contributed by atoms with Gasteiger partial charge in [-0.1, -0.05) is 24.6 Å². The summed E-state index contributed by atoms with van der Waals surface area (Å²) in [6.45, 7) is 5.18. The van der Waals surface area contributed by atoms with Gasteiger partial charge in [-0.05, 0) is 0 Å². The number of hydrogen-bond donors (Lipinski definition) is 1. The number of aliphatic hydroxyl groups is 1. The van der Waals surface area contributed by atoms with Crippen LogP contribution in [-0.4, -0.2) is 23.6 Å². The second-order valence-corrected chi connectivity index (χ2v) is 3.35. The molecule has 0 amide bonds. The van der Waals surface area contributed by atoms with Gasteiger partial charge in [-0.2, -0.15) is 0 Å². The molecule has 1 aliphatic carbocycles. The largest absolute Gasteiger partial charge is 0.496 e. The summed E-state index contributed by atoms with van der Waals surface area (Å²) in [5.74, 6) is -0.776. The SMILES string of the molecule is C=CC(C)C1(O)C(=O)C(Cl)=C1OC. The minimum Gasteiger partial charge on any atom is -0.496 e. The molecule has 0 radical (unpaired) electrons. The molecule has 2 unspecified atom stereocenters. The van der Waals surface area contributed by atoms with Crippen LogP contribution in [0.3, 0.4) is 0 Å². The maximum absolute atomic E-state index is 11.3. The van der Waals surface area contributed by atoms with E-state index in [1.165, 1.54) is 13.2 Å². The summed E-state index contributed by atoms with van der Waals surface area (Å²) in [4.78, 5) is 11.3. The molecule has 0 aromatic rings. The monoisotopic (exact) mass is 202 g/mol. The molecule has 0 saturated heterocycles. The van der Waals surface area contributed by atoms with Gasteiger partial charge in [0, 0.05) is 5.92 Å². The second kappa shape index (κ2) is 3.16. The maximum Gasteiger partial charge on any atom is 0.217 e. The van der Waals surface area contributed by atoms with E-state index >= 15 is 0 Å². The first kappa shape index (κ1) is 10.3. The van der Waals surface area contributed by atoms with Gasteiger partial charge in [0.25, 0.3) is 0 Å². The van der Waals surface area contributed by atoms with Crippen LogP contribution in [0, 0.1) is 5.92 Å². The van der Waals surface area contributed by atoms with Crippen molar-refractivity contribution >= 4 is 17.4 Å². The summed E-state index contributed by atoms with van der Waals surface area (Å²) in [6, 6.07) is 0. The number of halogens is 1. The topological polar surface area (TPSA) is 46.5 Å². The highest BCUT2D eigenvalue weighted by Gasteiger charge is 2.56. The zero-order valence-electron chi connectivity index (χ0n) is 7.50. The Labute approximate surface area is 81.6 Å². The molecule has 13 heavy (non-hydrogen) atoms. The first-order valence-electron chi connectivity index (χ1n) is 3.84. The van der Waals surface area contributed by atoms with E-state index in [1.54, 1.807) is 6.92 Å². The number of hydrogen-bond acceptors (Lipinski definition) is 3. The molecule has 0 bridgehead atoms. The van der Waals surface area contributed by atoms with Crippen LogP contribution in [0.2, 0.25) is 0 Å². The summed E-state index contributed by atoms with van der Waals surface area (Å²) < 4.78 is 4.84. The molecule has 0 aromatic carbocycles. The van der Waals surface area contributed by atoms with Crippen molar-refractivity contribution in [3.8, 4) is 0 Å². The smallest absolute Gasteiger partial charge is 0.217 e. The molecule has 1 rings (SSSR count). The number of ketones is 1. The Kier molecular flexibility index (Phi) is 2.50. The molecular weight excluding hydrogens is 192 g/mol. The highest BCUT2D eigenvalue weighted by Crippen LogP contribution is 2.43. The Morgan fingerprint density at radius 1 is 1.77 bits per heavy atom. The van der Waals surface area contributed by atoms with Gasteiger partial charge in [0.15, 0.2) is 11.4 Å². The van der Waals surface area contributed by atoms with Crippen molar-refractivity contribution in [3.63, 3.8) is 0 Å². The van der Waals surface area contributed by atoms with Gasteiger partial charge in [0.05, 0.1) is 7.11 Å². The quantitative estimate of drug-likeness (QED) is 0.700. The lowest BCUT2D eigenvalue weighted by molar-refractivity contribution is -0.142. The predicted molar refractivity (Wildman–Crippen MR) is 49.2 cm³/mol. The molecule has 0 heterocycles. The van der Waals surface area contributed by atoms with Gasteiger partial charge in [0.1, 0.15) is 5.03 Å². The summed E-state index contributed by atoms with van der Waals surface area (Å²) in [5.41, 5.74) is -1.60. The second-order valence-electron chi connectivity index (χ2n) is 2.97. The number of carbonyl (C=O) groups excluding carboxylic acids is 1. The van der Waals surface area contributed by atoms with Crippen LogP contribution in [0.1, 0.15) is 6.92 Å². The number of rotatable bonds is 3. The lowest BCUT2D eigenvalue weighted by Crippen LogP contribution is -2.54. The first-order chi connectivity index (χ1) is 6.00. The molecule has 2 atom stereocenters. The third-order valence-corrected chi connectivity index (χ3v) is 2.65. The third-order valence-electron chi connectivity index (χ3n) is 2.31. The number of ether oxygens (including phenoxy) is 1. The van der Waals surface area contributed by atoms with E-state index in [0.717, 1.165) is 0 Å². The van der Waals surface area contributed by atoms with Crippen molar-refractivity contribution < 1.29 is 14.6 Å². The van der Waals surface area contributed by atoms with Gasteiger partial charge < -0.3 is 9.84 Å². The fourth-order valence-electron chi connectivity index (χ4n) is 1.31. The van der Waals surface area contributed by atoms with Crippen LogP contribution in [0.25, 0.3) is 0 Å². The fraction of sp³-hybridized carbons (Fsp3) is 0.444. The van der Waals surface area contributed by atoms with Crippen LogP contribution in [0.5, 0.6) is 0 Å². The summed E-state index contributed by atoms with van der Waals surface area (Å²) >= 11 is 5.56. The van der Waals surface area contributed by atoms with Gasteiger partial charge in [-0.3, -0.25) is 4.79 Å². The molecule has 0 saturated carbocycles. The highest BCUT2D eigenvalue weighted by molar-refractivity contribution is 6.47. The maximum atomic E-state index is 11.3. The minimum atomic E-state index is -1.60. The van der Waals surface area contributed by atoms with Crippen LogP contribution in [0.15, 0.2) is 23.4 Å². The minimum absolute atomic E-state index is 0.0290. The van der Waals surface area contributed by atoms with E-state index in [0.29, 0.717) is 0 Å². The molecule has 0 aromatic heterocycles. The Morgan fingerprint density at radius 2 is 2.31 bits per heavy atom. The molecule has 4 heteroatoms. The summed E-state index contributed by atoms with van der Waals surface area (Å²) in [6.07, 6.45) is 1.49. The first-order valence-corrected chi connectivity index (χ1v) is 4.21. The molecular formula is C9H11ClO3. The predicted octanol–water partition coefficient (Wildman–Crippen LogP) is 1.22. The van der Waals surface area contributed by atoms with E-state index in [9.17, 15) is 9.90 Å². The summed E-state index contributed by atoms with van der Waals surface area (Å²) in [5, 5.41) is 9.86. The van der Waals surface area contributed by atoms with E-state index in [2.05, 4.69) is 6.58 Å². The Bertz CT molecular complexity index is 295. The van der Waals surface area contributed by atoms with Crippen LogP contribution >= 0.6 is 11.6 Å². The fourth-order valence-corrected chi connectivity index (χ4v) is 1.67. The number of methoxy groups -OCH3 is 1. The molecule has 1 N–H and O–H groups in total. The lowest BCUT2D eigenvalue weighted by Gasteiger charge is -2.39. The number of carbonyl (C=O) groups is 1. The van der Waals surface area contributed by atoms with Gasteiger partial charge >= 0.3 is 0 Å². The standard InChI is InChI=1S/C9H11ClO3/c1-4-5(2)9(12)7(11)6(10)8(9)13-3/h4-5,12H,1H2,2-3H3. The zero-order valence-corrected chi connectivity index (χ0v) is 8.26. The highest BCUT2D eigenvalue weighted by atomic mass is 35.5. The van der Waals surface area contributed by atoms with Crippen molar-refractivity contribution in [2.45, 2.75) is 12.5 Å². The van der Waals surface area contributed by atoms with Crippen molar-refractivity contribution in [2.24, 2.45) is 5.92 Å². The van der Waals surface area contributed by atoms with Gasteiger partial charge in [-0.25, -0.2) is 0 Å². The Morgan fingerprint density at radius 3 is 2.69 bits per heavy atom. The third kappa shape index (κ3) is 1.11. The molecule has 0 aliphatic heterocycles. The van der Waals surface area contributed by atoms with E-state index in [4.69, 9.17) is 16.3 Å². The lowest BCUT2D eigenvalue weighted by atomic mass is 9.75. The van der Waals surface area contributed by atoms with E-state index in [-0.39, 0.29) is 10.8 Å². The summed E-state index contributed by atoms with van der Waals surface area (Å²) in [7, 11) is 1.37. The number of Topliss-reactive ketones (excluding diaryl/α,β-unsaturated/α-hetero) is 1. The molecule has 1 aliphatic rings. The van der Waals surface area contributed by atoms with E-state index < -0.39 is 17.3 Å². The van der Waals surface area contributed by atoms with Gasteiger partial charge in [-0.15, -0.1) is 6.58 Å². The normalized spacial score (nSPS) is 29.7. The van der Waals surface area contributed by atoms with Crippen molar-refractivity contribution in [2.75, 3.05) is 7.11 Å². The molecule has 3 nitrogen and oxygen atoms in total. The average Bonchev–Trinajstić information content (AvgIpc) is 2.16. The molecule has 0 spiro atoms. The Balaban J connectivity index is 3.09. The van der Waals surface area contributed by atoms with E-state index in [1.807, 2.05) is 0 Å². The molecule has 72 valence electrons. The van der Waals surface area contributed by atoms with Crippen LogP contribution in [0.4, 0.5) is 0 Å². The van der Waals surface area contributed by atoms with Crippen molar-refractivity contribution in [3.05, 3.63) is 23.4 Å². The van der Waals surface area contributed by atoms with Crippen LogP contribution in [-0.2, 0) is 9.53 Å². The van der Waals surface area contributed by atoms with Crippen LogP contribution < -0.4 is 0 Å². The van der Waals surface area contributed by atoms with Gasteiger partial charge in [0.2, 0.25) is 5.78 Å². The molecule has 0 fully saturated rings. The average molecular weight is 203 g/mol. The van der Waals surface area contributed by atoms with Crippen molar-refractivity contribution in [1.82, 2.24) is 0 Å².